The van der Waals surface area contributed by atoms with Crippen LogP contribution in [0, 0.1) is 0 Å². The van der Waals surface area contributed by atoms with Crippen LogP contribution in [-0.4, -0.2) is 30.4 Å². The summed E-state index contributed by atoms with van der Waals surface area (Å²) in [5.41, 5.74) is 3.81. The van der Waals surface area contributed by atoms with Crippen molar-refractivity contribution >= 4 is 5.69 Å². The lowest BCUT2D eigenvalue weighted by molar-refractivity contribution is 0.564. The first-order chi connectivity index (χ1) is 9.58. The van der Waals surface area contributed by atoms with Gasteiger partial charge in [0.25, 0.3) is 0 Å². The van der Waals surface area contributed by atoms with E-state index in [0.717, 1.165) is 13.0 Å². The number of aromatic nitrogens is 2. The number of nitrogens with one attached hydrogen (secondary N) is 1. The molecular weight excluding hydrogens is 248 g/mol. The zero-order valence-electron chi connectivity index (χ0n) is 12.8. The van der Waals surface area contributed by atoms with Gasteiger partial charge >= 0.3 is 0 Å². The molecule has 0 radical (unpaired) electrons. The molecule has 1 unspecified atom stereocenters. The fraction of sp³-hybridized carbons (Fsp3) is 0.438. The Kier molecular flexibility index (Phi) is 4.79. The molecule has 4 heteroatoms. The maximum Gasteiger partial charge on any atom is 0.0492 e. The Morgan fingerprint density at radius 2 is 1.90 bits per heavy atom. The zero-order valence-corrected chi connectivity index (χ0v) is 12.8. The van der Waals surface area contributed by atoms with Crippen LogP contribution in [-0.2, 0) is 13.5 Å². The van der Waals surface area contributed by atoms with Crippen molar-refractivity contribution in [3.63, 3.8) is 0 Å². The highest BCUT2D eigenvalue weighted by Gasteiger charge is 2.06. The number of anilines is 1. The van der Waals surface area contributed by atoms with E-state index in [2.05, 4.69) is 66.7 Å². The van der Waals surface area contributed by atoms with Crippen molar-refractivity contribution in [2.24, 2.45) is 7.05 Å². The molecule has 0 amide bonds. The molecular formula is C16H24N4. The van der Waals surface area contributed by atoms with E-state index in [9.17, 15) is 0 Å². The highest BCUT2D eigenvalue weighted by molar-refractivity contribution is 5.46. The first-order valence-corrected chi connectivity index (χ1v) is 7.05. The molecule has 0 aliphatic heterocycles. The quantitative estimate of drug-likeness (QED) is 0.876. The molecule has 2 aromatic rings. The molecule has 0 aliphatic rings. The number of rotatable bonds is 6. The summed E-state index contributed by atoms with van der Waals surface area (Å²) in [6.07, 6.45) is 2.84. The van der Waals surface area contributed by atoms with Crippen LogP contribution >= 0.6 is 0 Å². The van der Waals surface area contributed by atoms with Crippen LogP contribution in [0.5, 0.6) is 0 Å². The lowest BCUT2D eigenvalue weighted by Crippen LogP contribution is -2.22. The number of nitrogens with zero attached hydrogens (tertiary/aromatic N) is 3. The van der Waals surface area contributed by atoms with Gasteiger partial charge in [0, 0.05) is 57.7 Å². The van der Waals surface area contributed by atoms with Gasteiger partial charge < -0.3 is 10.2 Å². The second-order valence-corrected chi connectivity index (χ2v) is 5.36. The van der Waals surface area contributed by atoms with E-state index >= 15 is 0 Å². The van der Waals surface area contributed by atoms with Crippen LogP contribution in [0.4, 0.5) is 5.69 Å². The largest absolute Gasteiger partial charge is 0.378 e. The monoisotopic (exact) mass is 272 g/mol. The molecule has 0 fully saturated rings. The Morgan fingerprint density at radius 1 is 1.20 bits per heavy atom. The molecule has 2 rings (SSSR count). The minimum Gasteiger partial charge on any atom is -0.378 e. The Hall–Kier alpha value is -1.81. The standard InChI is InChI=1S/C16H24N4/c1-13(14-5-7-15(8-6-14)19(2)3)17-11-9-16-10-12-18-20(16)4/h5-8,10,12-13,17H,9,11H2,1-4H3. The summed E-state index contributed by atoms with van der Waals surface area (Å²) >= 11 is 0. The van der Waals surface area contributed by atoms with Crippen LogP contribution in [0.2, 0.25) is 0 Å². The Morgan fingerprint density at radius 3 is 2.45 bits per heavy atom. The van der Waals surface area contributed by atoms with Crippen molar-refractivity contribution < 1.29 is 0 Å². The van der Waals surface area contributed by atoms with Crippen molar-refractivity contribution in [3.8, 4) is 0 Å². The van der Waals surface area contributed by atoms with E-state index in [1.807, 2.05) is 17.9 Å². The fourth-order valence-electron chi connectivity index (χ4n) is 2.24. The molecule has 1 aromatic carbocycles. The van der Waals surface area contributed by atoms with Gasteiger partial charge in [-0.15, -0.1) is 0 Å². The van der Waals surface area contributed by atoms with Crippen molar-refractivity contribution in [3.05, 3.63) is 47.8 Å². The van der Waals surface area contributed by atoms with Crippen LogP contribution in [0.25, 0.3) is 0 Å². The first kappa shape index (κ1) is 14.6. The number of hydrogen-bond donors (Lipinski definition) is 1. The van der Waals surface area contributed by atoms with Gasteiger partial charge in [0.05, 0.1) is 0 Å². The maximum atomic E-state index is 4.18. The summed E-state index contributed by atoms with van der Waals surface area (Å²) in [7, 11) is 6.11. The van der Waals surface area contributed by atoms with Crippen LogP contribution in [0.3, 0.4) is 0 Å². The van der Waals surface area contributed by atoms with E-state index in [1.54, 1.807) is 0 Å². The van der Waals surface area contributed by atoms with E-state index in [4.69, 9.17) is 0 Å². The molecule has 4 nitrogen and oxygen atoms in total. The predicted molar refractivity (Wildman–Crippen MR) is 84.1 cm³/mol. The number of benzene rings is 1. The van der Waals surface area contributed by atoms with Crippen LogP contribution in [0.15, 0.2) is 36.5 Å². The minimum absolute atomic E-state index is 0.361. The summed E-state index contributed by atoms with van der Waals surface area (Å²) in [4.78, 5) is 2.12. The van der Waals surface area contributed by atoms with Gasteiger partial charge in [0.2, 0.25) is 0 Å². The molecule has 1 N–H and O–H groups in total. The molecule has 1 heterocycles. The van der Waals surface area contributed by atoms with Gasteiger partial charge in [-0.3, -0.25) is 4.68 Å². The Balaban J connectivity index is 1.85. The lowest BCUT2D eigenvalue weighted by Gasteiger charge is -2.17. The van der Waals surface area contributed by atoms with Gasteiger partial charge in [-0.1, -0.05) is 12.1 Å². The predicted octanol–water partition coefficient (Wildman–Crippen LogP) is 2.38. The number of aryl methyl sites for hydroxylation is 1. The van der Waals surface area contributed by atoms with E-state index in [0.29, 0.717) is 6.04 Å². The molecule has 0 bridgehead atoms. The summed E-state index contributed by atoms with van der Waals surface area (Å²) < 4.78 is 1.93. The Bertz CT molecular complexity index is 528. The summed E-state index contributed by atoms with van der Waals surface area (Å²) in [5, 5.41) is 7.74. The van der Waals surface area contributed by atoms with Crippen molar-refractivity contribution in [1.29, 1.82) is 0 Å². The Labute approximate surface area is 121 Å². The third kappa shape index (κ3) is 3.61. The highest BCUT2D eigenvalue weighted by Crippen LogP contribution is 2.17. The summed E-state index contributed by atoms with van der Waals surface area (Å²) in [6, 6.07) is 11.1. The van der Waals surface area contributed by atoms with E-state index in [-0.39, 0.29) is 0 Å². The normalized spacial score (nSPS) is 12.4. The van der Waals surface area contributed by atoms with Crippen LogP contribution in [0.1, 0.15) is 24.2 Å². The SMILES string of the molecule is CC(NCCc1ccnn1C)c1ccc(N(C)C)cc1. The van der Waals surface area contributed by atoms with Crippen LogP contribution < -0.4 is 10.2 Å². The molecule has 108 valence electrons. The topological polar surface area (TPSA) is 33.1 Å². The minimum atomic E-state index is 0.361. The average Bonchev–Trinajstić information content (AvgIpc) is 2.84. The molecule has 0 spiro atoms. The van der Waals surface area contributed by atoms with Crippen molar-refractivity contribution in [1.82, 2.24) is 15.1 Å². The van der Waals surface area contributed by atoms with E-state index < -0.39 is 0 Å². The number of hydrogen-bond acceptors (Lipinski definition) is 3. The summed E-state index contributed by atoms with van der Waals surface area (Å²) in [6.45, 7) is 3.16. The zero-order chi connectivity index (χ0) is 14.5. The third-order valence-corrected chi connectivity index (χ3v) is 3.66. The van der Waals surface area contributed by atoms with Gasteiger partial charge in [-0.05, 0) is 30.7 Å². The van der Waals surface area contributed by atoms with Crippen molar-refractivity contribution in [2.45, 2.75) is 19.4 Å². The fourth-order valence-corrected chi connectivity index (χ4v) is 2.24. The van der Waals surface area contributed by atoms with Gasteiger partial charge in [0.15, 0.2) is 0 Å². The van der Waals surface area contributed by atoms with Gasteiger partial charge in [-0.25, -0.2) is 0 Å². The van der Waals surface area contributed by atoms with E-state index in [1.165, 1.54) is 16.9 Å². The second kappa shape index (κ2) is 6.57. The molecule has 1 aromatic heterocycles. The van der Waals surface area contributed by atoms with Gasteiger partial charge in [0.1, 0.15) is 0 Å². The average molecular weight is 272 g/mol. The molecule has 0 aliphatic carbocycles. The molecule has 20 heavy (non-hydrogen) atoms. The molecule has 0 saturated heterocycles. The molecule has 1 atom stereocenters. The maximum absolute atomic E-state index is 4.18. The third-order valence-electron chi connectivity index (χ3n) is 3.66. The molecule has 0 saturated carbocycles. The van der Waals surface area contributed by atoms with Crippen molar-refractivity contribution in [2.75, 3.05) is 25.5 Å². The second-order valence-electron chi connectivity index (χ2n) is 5.36. The summed E-state index contributed by atoms with van der Waals surface area (Å²) in [5.74, 6) is 0. The van der Waals surface area contributed by atoms with Gasteiger partial charge in [-0.2, -0.15) is 5.10 Å². The lowest BCUT2D eigenvalue weighted by atomic mass is 10.1. The first-order valence-electron chi connectivity index (χ1n) is 7.05. The highest BCUT2D eigenvalue weighted by atomic mass is 15.3. The smallest absolute Gasteiger partial charge is 0.0492 e.